The van der Waals surface area contributed by atoms with Gasteiger partial charge in [0.2, 0.25) is 0 Å². The van der Waals surface area contributed by atoms with Crippen LogP contribution in [0.25, 0.3) is 0 Å². The summed E-state index contributed by atoms with van der Waals surface area (Å²) in [6.45, 7) is 5.21. The van der Waals surface area contributed by atoms with Crippen LogP contribution in [-0.4, -0.2) is 11.2 Å². The summed E-state index contributed by atoms with van der Waals surface area (Å²) in [4.78, 5) is 22.1. The van der Waals surface area contributed by atoms with Crippen LogP contribution in [-0.2, 0) is 14.3 Å². The number of hydrogen-bond acceptors (Lipinski definition) is 3. The number of halogens is 1. The molecule has 0 aromatic carbocycles. The third-order valence-corrected chi connectivity index (χ3v) is 2.28. The number of rotatable bonds is 2. The maximum Gasteiger partial charge on any atom is 0.308 e. The summed E-state index contributed by atoms with van der Waals surface area (Å²) >= 11 is 5.43. The monoisotopic (exact) mass is 240 g/mol. The highest BCUT2D eigenvalue weighted by Crippen LogP contribution is 2.26. The van der Waals surface area contributed by atoms with Crippen molar-refractivity contribution in [3.05, 3.63) is 35.6 Å². The first kappa shape index (κ1) is 12.7. The van der Waals surface area contributed by atoms with Crippen LogP contribution in [0.15, 0.2) is 35.6 Å². The van der Waals surface area contributed by atoms with Crippen molar-refractivity contribution in [3.63, 3.8) is 0 Å². The highest BCUT2D eigenvalue weighted by Gasteiger charge is 2.19. The highest BCUT2D eigenvalue weighted by atomic mass is 35.5. The summed E-state index contributed by atoms with van der Waals surface area (Å²) in [7, 11) is 0. The zero-order valence-electron chi connectivity index (χ0n) is 9.41. The number of carbonyl (C=O) groups excluding carboxylic acids is 2. The lowest BCUT2D eigenvalue weighted by Crippen LogP contribution is -2.03. The molecule has 0 saturated carbocycles. The van der Waals surface area contributed by atoms with E-state index in [4.69, 9.17) is 16.3 Å². The molecule has 0 fully saturated rings. The summed E-state index contributed by atoms with van der Waals surface area (Å²) in [5, 5.41) is -0.644. The minimum Gasteiger partial charge on any atom is -0.426 e. The molecule has 0 spiro atoms. The molecule has 4 heteroatoms. The zero-order valence-corrected chi connectivity index (χ0v) is 10.2. The third kappa shape index (κ3) is 3.35. The Kier molecular flexibility index (Phi) is 3.70. The van der Waals surface area contributed by atoms with Gasteiger partial charge in [0.15, 0.2) is 0 Å². The van der Waals surface area contributed by atoms with E-state index < -0.39 is 11.2 Å². The van der Waals surface area contributed by atoms with E-state index in [1.54, 1.807) is 12.2 Å². The Morgan fingerprint density at radius 3 is 2.31 bits per heavy atom. The van der Waals surface area contributed by atoms with Crippen molar-refractivity contribution in [2.24, 2.45) is 5.41 Å². The van der Waals surface area contributed by atoms with Gasteiger partial charge in [-0.3, -0.25) is 9.59 Å². The van der Waals surface area contributed by atoms with Crippen LogP contribution in [0.1, 0.15) is 20.8 Å². The number of hydrogen-bond donors (Lipinski definition) is 0. The van der Waals surface area contributed by atoms with Crippen LogP contribution >= 0.6 is 11.6 Å². The summed E-state index contributed by atoms with van der Waals surface area (Å²) in [6.07, 6.45) is 6.84. The normalized spacial score (nSPS) is 18.2. The Balaban J connectivity index is 3.18. The van der Waals surface area contributed by atoms with Crippen molar-refractivity contribution in [1.29, 1.82) is 0 Å². The van der Waals surface area contributed by atoms with Gasteiger partial charge in [-0.15, -0.1) is 0 Å². The molecule has 0 unspecified atom stereocenters. The van der Waals surface area contributed by atoms with Gasteiger partial charge in [0.05, 0.1) is 5.57 Å². The molecule has 0 heterocycles. The molecule has 3 nitrogen and oxygen atoms in total. The third-order valence-electron chi connectivity index (χ3n) is 2.07. The van der Waals surface area contributed by atoms with Crippen molar-refractivity contribution in [1.82, 2.24) is 0 Å². The van der Waals surface area contributed by atoms with Gasteiger partial charge < -0.3 is 4.74 Å². The first-order valence-electron chi connectivity index (χ1n) is 4.83. The Morgan fingerprint density at radius 1 is 1.25 bits per heavy atom. The predicted molar refractivity (Wildman–Crippen MR) is 61.7 cm³/mol. The quantitative estimate of drug-likeness (QED) is 0.551. The van der Waals surface area contributed by atoms with Crippen molar-refractivity contribution < 1.29 is 14.3 Å². The molecule has 0 bridgehead atoms. The van der Waals surface area contributed by atoms with Crippen molar-refractivity contribution in [3.8, 4) is 0 Å². The van der Waals surface area contributed by atoms with Crippen LogP contribution in [0.3, 0.4) is 0 Å². The molecule has 0 aliphatic heterocycles. The average Bonchev–Trinajstić information content (AvgIpc) is 2.25. The van der Waals surface area contributed by atoms with Crippen LogP contribution in [0, 0.1) is 5.41 Å². The predicted octanol–water partition coefficient (Wildman–Crippen LogP) is 2.72. The van der Waals surface area contributed by atoms with Gasteiger partial charge in [-0.05, 0) is 23.8 Å². The fourth-order valence-corrected chi connectivity index (χ4v) is 1.38. The van der Waals surface area contributed by atoms with Gasteiger partial charge in [0, 0.05) is 12.3 Å². The standard InChI is InChI=1S/C12H13ClO3/c1-8(14)16-10-5-7-12(2,3)6-4-9(10)11(13)15/h4-7H,1-3H3. The fourth-order valence-electron chi connectivity index (χ4n) is 1.22. The number of carbonyl (C=O) groups is 2. The Morgan fingerprint density at radius 2 is 1.81 bits per heavy atom. The maximum absolute atomic E-state index is 11.2. The van der Waals surface area contributed by atoms with E-state index in [2.05, 4.69) is 0 Å². The van der Waals surface area contributed by atoms with Crippen molar-refractivity contribution >= 4 is 22.8 Å². The number of allylic oxidation sites excluding steroid dienone is 5. The second-order valence-corrected chi connectivity index (χ2v) is 4.48. The summed E-state index contributed by atoms with van der Waals surface area (Å²) in [5.41, 5.74) is -0.0156. The summed E-state index contributed by atoms with van der Waals surface area (Å²) in [6, 6.07) is 0. The van der Waals surface area contributed by atoms with E-state index >= 15 is 0 Å². The molecule has 16 heavy (non-hydrogen) atoms. The first-order chi connectivity index (χ1) is 7.32. The molecule has 0 N–H and O–H groups in total. The van der Waals surface area contributed by atoms with E-state index in [0.717, 1.165) is 0 Å². The molecule has 1 aliphatic carbocycles. The first-order valence-corrected chi connectivity index (χ1v) is 5.20. The largest absolute Gasteiger partial charge is 0.426 e. The maximum atomic E-state index is 11.2. The molecule has 1 aliphatic rings. The Hall–Kier alpha value is -1.35. The Bertz CT molecular complexity index is 414. The minimum absolute atomic E-state index is 0.189. The molecule has 0 saturated heterocycles. The Labute approximate surface area is 99.4 Å². The fraction of sp³-hybridized carbons (Fsp3) is 0.333. The van der Waals surface area contributed by atoms with Crippen molar-refractivity contribution in [2.75, 3.05) is 0 Å². The molecule has 0 aromatic heterocycles. The van der Waals surface area contributed by atoms with Gasteiger partial charge in [0.1, 0.15) is 5.76 Å². The molecule has 0 radical (unpaired) electrons. The molecule has 86 valence electrons. The van der Waals surface area contributed by atoms with E-state index in [-0.39, 0.29) is 16.7 Å². The van der Waals surface area contributed by atoms with E-state index in [9.17, 15) is 9.59 Å². The number of esters is 1. The average molecular weight is 241 g/mol. The second-order valence-electron chi connectivity index (χ2n) is 4.13. The smallest absolute Gasteiger partial charge is 0.308 e. The van der Waals surface area contributed by atoms with Crippen molar-refractivity contribution in [2.45, 2.75) is 20.8 Å². The lowest BCUT2D eigenvalue weighted by molar-refractivity contribution is -0.136. The zero-order chi connectivity index (χ0) is 12.3. The van der Waals surface area contributed by atoms with E-state index in [0.29, 0.717) is 0 Å². The van der Waals surface area contributed by atoms with E-state index in [1.807, 2.05) is 26.0 Å². The second kappa shape index (κ2) is 4.66. The molecule has 1 rings (SSSR count). The van der Waals surface area contributed by atoms with Crippen LogP contribution in [0.4, 0.5) is 0 Å². The van der Waals surface area contributed by atoms with Gasteiger partial charge in [-0.1, -0.05) is 26.0 Å². The van der Waals surface area contributed by atoms with Gasteiger partial charge >= 0.3 is 5.97 Å². The number of ether oxygens (including phenoxy) is 1. The molecule has 0 aromatic rings. The van der Waals surface area contributed by atoms with Crippen LogP contribution in [0.2, 0.25) is 0 Å². The SMILES string of the molecule is CC(=O)OC1=C(C(=O)Cl)C=CC(C)(C)C=C1. The lowest BCUT2D eigenvalue weighted by Gasteiger charge is -2.12. The van der Waals surface area contributed by atoms with Gasteiger partial charge in [-0.25, -0.2) is 0 Å². The highest BCUT2D eigenvalue weighted by molar-refractivity contribution is 6.68. The van der Waals surface area contributed by atoms with Gasteiger partial charge in [-0.2, -0.15) is 0 Å². The summed E-state index contributed by atoms with van der Waals surface area (Å²) in [5.74, 6) is -0.294. The van der Waals surface area contributed by atoms with Gasteiger partial charge in [0.25, 0.3) is 5.24 Å². The minimum atomic E-state index is -0.644. The van der Waals surface area contributed by atoms with Crippen LogP contribution < -0.4 is 0 Å². The molecular weight excluding hydrogens is 228 g/mol. The van der Waals surface area contributed by atoms with E-state index in [1.165, 1.54) is 6.92 Å². The molecule has 0 atom stereocenters. The molecule has 0 amide bonds. The van der Waals surface area contributed by atoms with Crippen LogP contribution in [0.5, 0.6) is 0 Å². The lowest BCUT2D eigenvalue weighted by atomic mass is 9.93. The molecular formula is C12H13ClO3. The topological polar surface area (TPSA) is 43.4 Å². The summed E-state index contributed by atoms with van der Waals surface area (Å²) < 4.78 is 4.94.